The van der Waals surface area contributed by atoms with Crippen LogP contribution in [0.15, 0.2) is 24.3 Å². The number of carbonyl (C=O) groups is 1. The standard InChI is InChI=1S/C15H22N2O3S/c1-21(19,20)17-14-10-6-7-12(11-14)15(18)16-13-8-4-2-3-5-9-13/h6-7,10-11,13,17H,2-5,8-9H2,1H3,(H,16,18). The first kappa shape index (κ1) is 15.8. The van der Waals surface area contributed by atoms with Crippen LogP contribution in [-0.4, -0.2) is 26.6 Å². The first-order valence-electron chi connectivity index (χ1n) is 7.33. The van der Waals surface area contributed by atoms with Gasteiger partial charge in [-0.25, -0.2) is 8.42 Å². The maximum atomic E-state index is 12.3. The molecule has 0 saturated heterocycles. The summed E-state index contributed by atoms with van der Waals surface area (Å²) in [7, 11) is -3.33. The van der Waals surface area contributed by atoms with Gasteiger partial charge in [0, 0.05) is 17.3 Å². The van der Waals surface area contributed by atoms with E-state index in [4.69, 9.17) is 0 Å². The molecule has 0 radical (unpaired) electrons. The summed E-state index contributed by atoms with van der Waals surface area (Å²) in [6, 6.07) is 6.79. The van der Waals surface area contributed by atoms with Crippen molar-refractivity contribution in [2.45, 2.75) is 44.6 Å². The second-order valence-electron chi connectivity index (χ2n) is 5.62. The highest BCUT2D eigenvalue weighted by Crippen LogP contribution is 2.18. The molecule has 0 spiro atoms. The lowest BCUT2D eigenvalue weighted by atomic mass is 10.1. The van der Waals surface area contributed by atoms with Crippen molar-refractivity contribution in [3.63, 3.8) is 0 Å². The molecule has 5 nitrogen and oxygen atoms in total. The van der Waals surface area contributed by atoms with Gasteiger partial charge in [0.25, 0.3) is 5.91 Å². The lowest BCUT2D eigenvalue weighted by molar-refractivity contribution is 0.0933. The molecular weight excluding hydrogens is 288 g/mol. The average molecular weight is 310 g/mol. The Hall–Kier alpha value is -1.56. The zero-order chi connectivity index (χ0) is 15.3. The van der Waals surface area contributed by atoms with Crippen molar-refractivity contribution in [3.8, 4) is 0 Å². The van der Waals surface area contributed by atoms with Gasteiger partial charge in [-0.15, -0.1) is 0 Å². The van der Waals surface area contributed by atoms with Crippen molar-refractivity contribution in [1.82, 2.24) is 5.32 Å². The maximum absolute atomic E-state index is 12.3. The van der Waals surface area contributed by atoms with Gasteiger partial charge in [0.2, 0.25) is 10.0 Å². The summed E-state index contributed by atoms with van der Waals surface area (Å²) in [5.41, 5.74) is 0.888. The highest BCUT2D eigenvalue weighted by Gasteiger charge is 2.16. The van der Waals surface area contributed by atoms with Crippen LogP contribution in [-0.2, 0) is 10.0 Å². The van der Waals surface area contributed by atoms with Crippen molar-refractivity contribution in [1.29, 1.82) is 0 Å². The van der Waals surface area contributed by atoms with E-state index in [9.17, 15) is 13.2 Å². The number of benzene rings is 1. The number of sulfonamides is 1. The summed E-state index contributed by atoms with van der Waals surface area (Å²) >= 11 is 0. The van der Waals surface area contributed by atoms with Gasteiger partial charge < -0.3 is 5.32 Å². The van der Waals surface area contributed by atoms with Crippen LogP contribution in [0.4, 0.5) is 5.69 Å². The fourth-order valence-electron chi connectivity index (χ4n) is 2.63. The molecule has 116 valence electrons. The van der Waals surface area contributed by atoms with E-state index in [0.29, 0.717) is 11.3 Å². The van der Waals surface area contributed by atoms with Crippen LogP contribution >= 0.6 is 0 Å². The lowest BCUT2D eigenvalue weighted by Crippen LogP contribution is -2.34. The van der Waals surface area contributed by atoms with Gasteiger partial charge in [-0.2, -0.15) is 0 Å². The number of rotatable bonds is 4. The van der Waals surface area contributed by atoms with E-state index in [0.717, 1.165) is 31.9 Å². The number of amides is 1. The predicted octanol–water partition coefficient (Wildman–Crippen LogP) is 2.51. The highest BCUT2D eigenvalue weighted by atomic mass is 32.2. The van der Waals surface area contributed by atoms with Crippen LogP contribution in [0.2, 0.25) is 0 Å². The summed E-state index contributed by atoms with van der Waals surface area (Å²) in [6.07, 6.45) is 7.91. The van der Waals surface area contributed by atoms with Crippen molar-refractivity contribution < 1.29 is 13.2 Å². The van der Waals surface area contributed by atoms with Crippen molar-refractivity contribution >= 4 is 21.6 Å². The fraction of sp³-hybridized carbons (Fsp3) is 0.533. The molecule has 1 fully saturated rings. The second kappa shape index (κ2) is 6.93. The van der Waals surface area contributed by atoms with E-state index in [1.54, 1.807) is 24.3 Å². The van der Waals surface area contributed by atoms with E-state index in [1.807, 2.05) is 0 Å². The van der Waals surface area contributed by atoms with E-state index < -0.39 is 10.0 Å². The first-order valence-corrected chi connectivity index (χ1v) is 9.22. The van der Waals surface area contributed by atoms with E-state index in [1.165, 1.54) is 12.8 Å². The van der Waals surface area contributed by atoms with Crippen LogP contribution in [0.1, 0.15) is 48.9 Å². The molecule has 0 bridgehead atoms. The Morgan fingerprint density at radius 2 is 1.81 bits per heavy atom. The van der Waals surface area contributed by atoms with E-state index in [-0.39, 0.29) is 11.9 Å². The van der Waals surface area contributed by atoms with Gasteiger partial charge in [0.05, 0.1) is 6.26 Å². The third-order valence-electron chi connectivity index (χ3n) is 3.62. The molecule has 1 aliphatic rings. The molecule has 21 heavy (non-hydrogen) atoms. The van der Waals surface area contributed by atoms with Crippen LogP contribution in [0.3, 0.4) is 0 Å². The molecule has 0 unspecified atom stereocenters. The minimum absolute atomic E-state index is 0.140. The van der Waals surface area contributed by atoms with Gasteiger partial charge in [0.1, 0.15) is 0 Å². The van der Waals surface area contributed by atoms with Crippen molar-refractivity contribution in [2.24, 2.45) is 0 Å². The molecule has 6 heteroatoms. The number of carbonyl (C=O) groups excluding carboxylic acids is 1. The van der Waals surface area contributed by atoms with Crippen LogP contribution < -0.4 is 10.0 Å². The topological polar surface area (TPSA) is 75.3 Å². The number of nitrogens with one attached hydrogen (secondary N) is 2. The van der Waals surface area contributed by atoms with Crippen LogP contribution in [0, 0.1) is 0 Å². The van der Waals surface area contributed by atoms with E-state index in [2.05, 4.69) is 10.0 Å². The maximum Gasteiger partial charge on any atom is 0.251 e. The lowest BCUT2D eigenvalue weighted by Gasteiger charge is -2.16. The zero-order valence-corrected chi connectivity index (χ0v) is 13.1. The number of hydrogen-bond donors (Lipinski definition) is 2. The minimum atomic E-state index is -3.33. The molecule has 1 saturated carbocycles. The third kappa shape index (κ3) is 5.38. The Morgan fingerprint density at radius 3 is 2.43 bits per heavy atom. The number of hydrogen-bond acceptors (Lipinski definition) is 3. The molecule has 0 heterocycles. The SMILES string of the molecule is CS(=O)(=O)Nc1cccc(C(=O)NC2CCCCCC2)c1. The van der Waals surface area contributed by atoms with Gasteiger partial charge in [0.15, 0.2) is 0 Å². The predicted molar refractivity (Wildman–Crippen MR) is 83.9 cm³/mol. The molecule has 2 N–H and O–H groups in total. The van der Waals surface area contributed by atoms with Gasteiger partial charge in [-0.3, -0.25) is 9.52 Å². The summed E-state index contributed by atoms with van der Waals surface area (Å²) in [5, 5.41) is 3.05. The zero-order valence-electron chi connectivity index (χ0n) is 12.3. The monoisotopic (exact) mass is 310 g/mol. The molecule has 1 amide bonds. The van der Waals surface area contributed by atoms with Gasteiger partial charge >= 0.3 is 0 Å². The Bertz CT molecular complexity index is 591. The normalized spacial score (nSPS) is 17.0. The first-order chi connectivity index (χ1) is 9.94. The van der Waals surface area contributed by atoms with E-state index >= 15 is 0 Å². The summed E-state index contributed by atoms with van der Waals surface area (Å²) < 4.78 is 24.8. The summed E-state index contributed by atoms with van der Waals surface area (Å²) in [5.74, 6) is -0.140. The van der Waals surface area contributed by atoms with Gasteiger partial charge in [-0.05, 0) is 31.0 Å². The minimum Gasteiger partial charge on any atom is -0.349 e. The summed E-state index contributed by atoms with van der Waals surface area (Å²) in [4.78, 5) is 12.3. The van der Waals surface area contributed by atoms with Crippen LogP contribution in [0.25, 0.3) is 0 Å². The smallest absolute Gasteiger partial charge is 0.251 e. The quantitative estimate of drug-likeness (QED) is 0.839. The van der Waals surface area contributed by atoms with Crippen molar-refractivity contribution in [3.05, 3.63) is 29.8 Å². The molecule has 0 atom stereocenters. The molecular formula is C15H22N2O3S. The molecule has 1 aromatic rings. The number of anilines is 1. The second-order valence-corrected chi connectivity index (χ2v) is 7.37. The average Bonchev–Trinajstić information content (AvgIpc) is 2.65. The Labute approximate surface area is 126 Å². The molecule has 0 aromatic heterocycles. The summed E-state index contributed by atoms with van der Waals surface area (Å²) in [6.45, 7) is 0. The Morgan fingerprint density at radius 1 is 1.14 bits per heavy atom. The fourth-order valence-corrected chi connectivity index (χ4v) is 3.19. The molecule has 2 rings (SSSR count). The Balaban J connectivity index is 2.03. The third-order valence-corrected chi connectivity index (χ3v) is 4.22. The largest absolute Gasteiger partial charge is 0.349 e. The Kier molecular flexibility index (Phi) is 5.22. The molecule has 0 aliphatic heterocycles. The van der Waals surface area contributed by atoms with Crippen molar-refractivity contribution in [2.75, 3.05) is 11.0 Å². The van der Waals surface area contributed by atoms with Crippen LogP contribution in [0.5, 0.6) is 0 Å². The molecule has 1 aromatic carbocycles. The van der Waals surface area contributed by atoms with Gasteiger partial charge in [-0.1, -0.05) is 31.7 Å². The highest BCUT2D eigenvalue weighted by molar-refractivity contribution is 7.92. The molecule has 1 aliphatic carbocycles.